The lowest BCUT2D eigenvalue weighted by atomic mass is 10.1. The molecule has 22 heavy (non-hydrogen) atoms. The van der Waals surface area contributed by atoms with Crippen molar-refractivity contribution in [3.63, 3.8) is 0 Å². The molecule has 1 aromatic heterocycles. The highest BCUT2D eigenvalue weighted by atomic mass is 35.5. The maximum absolute atomic E-state index is 6.03. The van der Waals surface area contributed by atoms with Crippen molar-refractivity contribution in [2.24, 2.45) is 0 Å². The van der Waals surface area contributed by atoms with Gasteiger partial charge in [0.25, 0.3) is 5.89 Å². The average molecular weight is 335 g/mol. The normalized spacial score (nSPS) is 10.7. The molecule has 2 aromatic carbocycles. The predicted octanol–water partition coefficient (Wildman–Crippen LogP) is 4.93. The quantitative estimate of drug-likeness (QED) is 0.678. The van der Waals surface area contributed by atoms with E-state index in [4.69, 9.17) is 32.5 Å². The van der Waals surface area contributed by atoms with Crippen LogP contribution in [0.2, 0.25) is 10.0 Å². The van der Waals surface area contributed by atoms with Crippen LogP contribution >= 0.6 is 23.2 Å². The van der Waals surface area contributed by atoms with Crippen molar-refractivity contribution in [1.29, 1.82) is 0 Å². The van der Waals surface area contributed by atoms with Gasteiger partial charge in [0.15, 0.2) is 6.61 Å². The van der Waals surface area contributed by atoms with Crippen molar-refractivity contribution < 1.29 is 9.26 Å². The summed E-state index contributed by atoms with van der Waals surface area (Å²) in [6.07, 6.45) is 0. The molecule has 0 atom stereocenters. The summed E-state index contributed by atoms with van der Waals surface area (Å²) in [6, 6.07) is 12.8. The van der Waals surface area contributed by atoms with E-state index in [2.05, 4.69) is 10.1 Å². The van der Waals surface area contributed by atoms with Crippen LogP contribution in [-0.2, 0) is 6.61 Å². The third kappa shape index (κ3) is 3.24. The van der Waals surface area contributed by atoms with Crippen LogP contribution in [-0.4, -0.2) is 10.1 Å². The van der Waals surface area contributed by atoms with Crippen LogP contribution in [0.4, 0.5) is 0 Å². The van der Waals surface area contributed by atoms with Crippen LogP contribution in [0.15, 0.2) is 47.0 Å². The first-order chi connectivity index (χ1) is 10.6. The van der Waals surface area contributed by atoms with Gasteiger partial charge in [-0.15, -0.1) is 0 Å². The van der Waals surface area contributed by atoms with E-state index in [0.29, 0.717) is 27.5 Å². The molecule has 3 rings (SSSR count). The first-order valence-electron chi connectivity index (χ1n) is 6.60. The largest absolute Gasteiger partial charge is 0.482 e. The molecule has 0 radical (unpaired) electrons. The standard InChI is InChI=1S/C16H12Cl2N2O2/c1-10-4-2-3-5-12(10)16-19-15(22-20-16)9-21-14-8-11(17)6-7-13(14)18/h2-8H,9H2,1H3. The number of hydrogen-bond acceptors (Lipinski definition) is 4. The van der Waals surface area contributed by atoms with E-state index in [1.165, 1.54) is 0 Å². The van der Waals surface area contributed by atoms with Gasteiger partial charge in [-0.3, -0.25) is 0 Å². The van der Waals surface area contributed by atoms with Gasteiger partial charge in [0.05, 0.1) is 5.02 Å². The molecule has 0 aliphatic carbocycles. The molecule has 0 saturated heterocycles. The van der Waals surface area contributed by atoms with Gasteiger partial charge in [0, 0.05) is 16.7 Å². The Balaban J connectivity index is 1.75. The molecule has 0 amide bonds. The monoisotopic (exact) mass is 334 g/mol. The Morgan fingerprint density at radius 3 is 2.77 bits per heavy atom. The zero-order valence-corrected chi connectivity index (χ0v) is 13.2. The molecule has 112 valence electrons. The SMILES string of the molecule is Cc1ccccc1-c1noc(COc2cc(Cl)ccc2Cl)n1. The zero-order chi connectivity index (χ0) is 15.5. The van der Waals surface area contributed by atoms with Crippen LogP contribution < -0.4 is 4.74 Å². The van der Waals surface area contributed by atoms with Crippen molar-refractivity contribution in [3.05, 3.63) is 64.0 Å². The smallest absolute Gasteiger partial charge is 0.264 e. The average Bonchev–Trinajstić information content (AvgIpc) is 2.97. The molecule has 0 bridgehead atoms. The number of ether oxygens (including phenoxy) is 1. The molecule has 0 unspecified atom stereocenters. The van der Waals surface area contributed by atoms with E-state index >= 15 is 0 Å². The van der Waals surface area contributed by atoms with Crippen LogP contribution in [0, 0.1) is 6.92 Å². The van der Waals surface area contributed by atoms with Gasteiger partial charge in [-0.1, -0.05) is 52.6 Å². The topological polar surface area (TPSA) is 48.2 Å². The van der Waals surface area contributed by atoms with Crippen molar-refractivity contribution in [2.45, 2.75) is 13.5 Å². The number of benzene rings is 2. The number of hydrogen-bond donors (Lipinski definition) is 0. The number of halogens is 2. The minimum atomic E-state index is 0.124. The number of aryl methyl sites for hydroxylation is 1. The Bertz CT molecular complexity index is 802. The second-order valence-corrected chi connectivity index (χ2v) is 5.53. The number of aromatic nitrogens is 2. The molecule has 0 N–H and O–H groups in total. The third-order valence-corrected chi connectivity index (χ3v) is 3.65. The van der Waals surface area contributed by atoms with Gasteiger partial charge in [0.1, 0.15) is 5.75 Å². The summed E-state index contributed by atoms with van der Waals surface area (Å²) < 4.78 is 10.8. The molecule has 0 spiro atoms. The van der Waals surface area contributed by atoms with E-state index in [1.54, 1.807) is 18.2 Å². The third-order valence-electron chi connectivity index (χ3n) is 3.10. The Kier molecular flexibility index (Phi) is 4.32. The van der Waals surface area contributed by atoms with E-state index in [0.717, 1.165) is 11.1 Å². The van der Waals surface area contributed by atoms with Gasteiger partial charge < -0.3 is 9.26 Å². The minimum absolute atomic E-state index is 0.124. The second-order valence-electron chi connectivity index (χ2n) is 4.69. The second kappa shape index (κ2) is 6.38. The first-order valence-corrected chi connectivity index (χ1v) is 7.35. The highest BCUT2D eigenvalue weighted by Crippen LogP contribution is 2.28. The molecule has 6 heteroatoms. The molecular formula is C16H12Cl2N2O2. The molecular weight excluding hydrogens is 323 g/mol. The van der Waals surface area contributed by atoms with Gasteiger partial charge >= 0.3 is 0 Å². The van der Waals surface area contributed by atoms with E-state index in [1.807, 2.05) is 31.2 Å². The first kappa shape index (κ1) is 14.9. The van der Waals surface area contributed by atoms with Crippen LogP contribution in [0.25, 0.3) is 11.4 Å². The van der Waals surface area contributed by atoms with Gasteiger partial charge in [0.2, 0.25) is 5.82 Å². The van der Waals surface area contributed by atoms with Crippen molar-refractivity contribution in [2.75, 3.05) is 0 Å². The summed E-state index contributed by atoms with van der Waals surface area (Å²) in [7, 11) is 0. The maximum Gasteiger partial charge on any atom is 0.264 e. The number of rotatable bonds is 4. The van der Waals surface area contributed by atoms with Crippen molar-refractivity contribution in [3.8, 4) is 17.1 Å². The molecule has 0 saturated carbocycles. The van der Waals surface area contributed by atoms with Gasteiger partial charge in [-0.25, -0.2) is 0 Å². The molecule has 0 aliphatic rings. The fourth-order valence-corrected chi connectivity index (χ4v) is 2.31. The maximum atomic E-state index is 6.03. The predicted molar refractivity (Wildman–Crippen MR) is 85.3 cm³/mol. The van der Waals surface area contributed by atoms with Crippen molar-refractivity contribution in [1.82, 2.24) is 10.1 Å². The number of nitrogens with zero attached hydrogens (tertiary/aromatic N) is 2. The summed E-state index contributed by atoms with van der Waals surface area (Å²) in [4.78, 5) is 4.33. The Morgan fingerprint density at radius 2 is 1.95 bits per heavy atom. The lowest BCUT2D eigenvalue weighted by molar-refractivity contribution is 0.243. The molecule has 4 nitrogen and oxygen atoms in total. The highest BCUT2D eigenvalue weighted by molar-refractivity contribution is 6.34. The molecule has 1 heterocycles. The molecule has 3 aromatic rings. The lowest BCUT2D eigenvalue weighted by Gasteiger charge is -2.05. The molecule has 0 fully saturated rings. The Labute approximate surface area is 137 Å². The fraction of sp³-hybridized carbons (Fsp3) is 0.125. The Morgan fingerprint density at radius 1 is 1.14 bits per heavy atom. The van der Waals surface area contributed by atoms with Crippen molar-refractivity contribution >= 4 is 23.2 Å². The van der Waals surface area contributed by atoms with E-state index < -0.39 is 0 Å². The fourth-order valence-electron chi connectivity index (χ4n) is 1.97. The molecule has 0 aliphatic heterocycles. The lowest BCUT2D eigenvalue weighted by Crippen LogP contribution is -1.96. The van der Waals surface area contributed by atoms with E-state index in [-0.39, 0.29) is 6.61 Å². The summed E-state index contributed by atoms with van der Waals surface area (Å²) in [6.45, 7) is 2.12. The van der Waals surface area contributed by atoms with Crippen LogP contribution in [0.1, 0.15) is 11.5 Å². The minimum Gasteiger partial charge on any atom is -0.482 e. The highest BCUT2D eigenvalue weighted by Gasteiger charge is 2.11. The van der Waals surface area contributed by atoms with Crippen LogP contribution in [0.5, 0.6) is 5.75 Å². The van der Waals surface area contributed by atoms with Gasteiger partial charge in [-0.05, 0) is 24.6 Å². The summed E-state index contributed by atoms with van der Waals surface area (Å²) in [5.41, 5.74) is 2.01. The van der Waals surface area contributed by atoms with Gasteiger partial charge in [-0.2, -0.15) is 4.98 Å². The van der Waals surface area contributed by atoms with E-state index in [9.17, 15) is 0 Å². The Hall–Kier alpha value is -2.04. The van der Waals surface area contributed by atoms with Crippen LogP contribution in [0.3, 0.4) is 0 Å². The zero-order valence-electron chi connectivity index (χ0n) is 11.7. The summed E-state index contributed by atoms with van der Waals surface area (Å²) in [5.74, 6) is 1.38. The summed E-state index contributed by atoms with van der Waals surface area (Å²) in [5, 5.41) is 5.00. The summed E-state index contributed by atoms with van der Waals surface area (Å²) >= 11 is 11.9.